The van der Waals surface area contributed by atoms with Gasteiger partial charge >= 0.3 is 0 Å². The average Bonchev–Trinajstić information content (AvgIpc) is 3.79. The Hall–Kier alpha value is -6.38. The fraction of sp³-hybridized carbons (Fsp3) is 0.132. The monoisotopic (exact) mass is 706 g/mol. The highest BCUT2D eigenvalue weighted by atomic mass is 15.0. The van der Waals surface area contributed by atoms with Crippen LogP contribution in [0.25, 0.3) is 88.0 Å². The number of aromatic nitrogens is 2. The van der Waals surface area contributed by atoms with E-state index in [1.54, 1.807) is 0 Å². The molecule has 0 unspecified atom stereocenters. The maximum absolute atomic E-state index is 2.53. The highest BCUT2D eigenvalue weighted by Crippen LogP contribution is 2.52. The lowest BCUT2D eigenvalue weighted by molar-refractivity contribution is 0.403. The van der Waals surface area contributed by atoms with Crippen LogP contribution in [0.15, 0.2) is 170 Å². The predicted molar refractivity (Wildman–Crippen MR) is 234 cm³/mol. The summed E-state index contributed by atoms with van der Waals surface area (Å²) >= 11 is 0. The second-order valence-corrected chi connectivity index (χ2v) is 16.9. The van der Waals surface area contributed by atoms with E-state index in [1.165, 1.54) is 99.1 Å². The number of hydrogen-bond acceptors (Lipinski definition) is 0. The van der Waals surface area contributed by atoms with Crippen molar-refractivity contribution in [1.29, 1.82) is 0 Å². The molecule has 10 aromatic rings. The molecule has 0 saturated heterocycles. The number of rotatable bonds is 4. The van der Waals surface area contributed by atoms with Crippen LogP contribution in [0.5, 0.6) is 0 Å². The third-order valence-electron chi connectivity index (χ3n) is 12.4. The first-order valence-electron chi connectivity index (χ1n) is 19.6. The zero-order valence-electron chi connectivity index (χ0n) is 31.8. The molecular weight excluding hydrogens is 665 g/mol. The molecule has 1 aliphatic carbocycles. The van der Waals surface area contributed by atoms with Gasteiger partial charge in [-0.05, 0) is 105 Å². The molecule has 2 aromatic heterocycles. The zero-order chi connectivity index (χ0) is 37.1. The topological polar surface area (TPSA) is 9.86 Å². The van der Waals surface area contributed by atoms with Crippen molar-refractivity contribution in [2.45, 2.75) is 44.9 Å². The summed E-state index contributed by atoms with van der Waals surface area (Å²) in [6.07, 6.45) is 1.14. The summed E-state index contributed by atoms with van der Waals surface area (Å²) in [5.74, 6) is 0. The van der Waals surface area contributed by atoms with Crippen LogP contribution < -0.4 is 0 Å². The lowest BCUT2D eigenvalue weighted by Gasteiger charge is -2.24. The standard InChI is InChI=1S/C53H42N2/c1-52(2)33-53(3,4)50-45(52)21-13-23-49(50)55-46-22-11-10-20-41(46)43-31-37(26-29-48(43)55)38-25-28-47-44(32-38)42-27-24-35-16-8-9-19-40(35)51(42)54(47)39-18-12-17-36(30-39)34-14-6-5-7-15-34/h5-32H,33H2,1-4H3. The summed E-state index contributed by atoms with van der Waals surface area (Å²) in [6, 6.07) is 63.1. The first-order valence-corrected chi connectivity index (χ1v) is 19.6. The highest BCUT2D eigenvalue weighted by molar-refractivity contribution is 6.19. The van der Waals surface area contributed by atoms with Crippen molar-refractivity contribution < 1.29 is 0 Å². The highest BCUT2D eigenvalue weighted by Gasteiger charge is 2.43. The van der Waals surface area contributed by atoms with Crippen LogP contribution in [-0.2, 0) is 10.8 Å². The molecule has 8 aromatic carbocycles. The van der Waals surface area contributed by atoms with Crippen molar-refractivity contribution in [3.05, 3.63) is 181 Å². The van der Waals surface area contributed by atoms with E-state index >= 15 is 0 Å². The van der Waals surface area contributed by atoms with Crippen molar-refractivity contribution in [3.8, 4) is 33.6 Å². The summed E-state index contributed by atoms with van der Waals surface area (Å²) in [4.78, 5) is 0. The minimum Gasteiger partial charge on any atom is -0.309 e. The number of hydrogen-bond donors (Lipinski definition) is 0. The smallest absolute Gasteiger partial charge is 0.0619 e. The van der Waals surface area contributed by atoms with Gasteiger partial charge in [-0.3, -0.25) is 0 Å². The summed E-state index contributed by atoms with van der Waals surface area (Å²) in [6.45, 7) is 9.65. The van der Waals surface area contributed by atoms with Gasteiger partial charge in [0.05, 0.1) is 27.8 Å². The van der Waals surface area contributed by atoms with E-state index < -0.39 is 0 Å². The van der Waals surface area contributed by atoms with Crippen LogP contribution in [0.2, 0.25) is 0 Å². The Labute approximate surface area is 321 Å². The van der Waals surface area contributed by atoms with Gasteiger partial charge in [0.2, 0.25) is 0 Å². The number of para-hydroxylation sites is 1. The van der Waals surface area contributed by atoms with Crippen molar-refractivity contribution in [2.24, 2.45) is 0 Å². The Balaban J connectivity index is 1.12. The minimum absolute atomic E-state index is 0.0792. The Morgan fingerprint density at radius 3 is 1.82 bits per heavy atom. The van der Waals surface area contributed by atoms with Crippen LogP contribution in [0.4, 0.5) is 0 Å². The molecule has 0 amide bonds. The summed E-state index contributed by atoms with van der Waals surface area (Å²) in [5.41, 5.74) is 15.5. The fourth-order valence-electron chi connectivity index (χ4n) is 10.4. The zero-order valence-corrected chi connectivity index (χ0v) is 31.8. The third kappa shape index (κ3) is 4.74. The first kappa shape index (κ1) is 32.1. The third-order valence-corrected chi connectivity index (χ3v) is 12.4. The Bertz CT molecular complexity index is 3170. The summed E-state index contributed by atoms with van der Waals surface area (Å²) in [7, 11) is 0. The van der Waals surface area contributed by atoms with E-state index in [1.807, 2.05) is 0 Å². The van der Waals surface area contributed by atoms with Crippen molar-refractivity contribution in [3.63, 3.8) is 0 Å². The predicted octanol–water partition coefficient (Wildman–Crippen LogP) is 14.3. The van der Waals surface area contributed by atoms with Gasteiger partial charge in [-0.15, -0.1) is 0 Å². The Kier molecular flexibility index (Phi) is 6.74. The van der Waals surface area contributed by atoms with E-state index in [0.29, 0.717) is 0 Å². The summed E-state index contributed by atoms with van der Waals surface area (Å²) < 4.78 is 5.00. The second-order valence-electron chi connectivity index (χ2n) is 16.9. The number of benzene rings is 8. The minimum atomic E-state index is 0.0792. The largest absolute Gasteiger partial charge is 0.309 e. The van der Waals surface area contributed by atoms with Crippen LogP contribution in [0.3, 0.4) is 0 Å². The molecule has 0 radical (unpaired) electrons. The van der Waals surface area contributed by atoms with Gasteiger partial charge in [-0.2, -0.15) is 0 Å². The quantitative estimate of drug-likeness (QED) is 0.172. The molecule has 0 aliphatic heterocycles. The number of nitrogens with zero attached hydrogens (tertiary/aromatic N) is 2. The van der Waals surface area contributed by atoms with Crippen LogP contribution in [0, 0.1) is 0 Å². The molecule has 2 heteroatoms. The molecule has 0 spiro atoms. The SMILES string of the molecule is CC1(C)CC(C)(C)c2c(-n3c4ccccc4c4cc(-c5ccc6c(c5)c5ccc7ccccc7c5n6-c5cccc(-c6ccccc6)c5)ccc43)cccc21. The molecule has 0 saturated carbocycles. The lowest BCUT2D eigenvalue weighted by atomic mass is 9.81. The molecule has 55 heavy (non-hydrogen) atoms. The van der Waals surface area contributed by atoms with E-state index in [9.17, 15) is 0 Å². The van der Waals surface area contributed by atoms with E-state index in [4.69, 9.17) is 0 Å². The Morgan fingerprint density at radius 1 is 0.400 bits per heavy atom. The van der Waals surface area contributed by atoms with Crippen LogP contribution >= 0.6 is 0 Å². The molecular formula is C53H42N2. The molecule has 0 N–H and O–H groups in total. The van der Waals surface area contributed by atoms with E-state index in [-0.39, 0.29) is 10.8 Å². The molecule has 0 fully saturated rings. The van der Waals surface area contributed by atoms with Gasteiger partial charge < -0.3 is 9.13 Å². The maximum atomic E-state index is 2.53. The second kappa shape index (κ2) is 11.6. The van der Waals surface area contributed by atoms with Gasteiger partial charge in [0, 0.05) is 32.6 Å². The first-order chi connectivity index (χ1) is 26.8. The van der Waals surface area contributed by atoms with Gasteiger partial charge in [-0.25, -0.2) is 0 Å². The maximum Gasteiger partial charge on any atom is 0.0619 e. The normalized spacial score (nSPS) is 14.8. The number of fused-ring (bicyclic) bond motifs is 9. The van der Waals surface area contributed by atoms with E-state index in [2.05, 4.69) is 207 Å². The fourth-order valence-corrected chi connectivity index (χ4v) is 10.4. The van der Waals surface area contributed by atoms with Crippen molar-refractivity contribution in [1.82, 2.24) is 9.13 Å². The van der Waals surface area contributed by atoms with E-state index in [0.717, 1.165) is 6.42 Å². The van der Waals surface area contributed by atoms with Crippen LogP contribution in [0.1, 0.15) is 45.2 Å². The molecule has 2 heterocycles. The van der Waals surface area contributed by atoms with Gasteiger partial charge in [0.25, 0.3) is 0 Å². The van der Waals surface area contributed by atoms with Crippen molar-refractivity contribution in [2.75, 3.05) is 0 Å². The average molecular weight is 707 g/mol. The molecule has 2 nitrogen and oxygen atoms in total. The lowest BCUT2D eigenvalue weighted by Crippen LogP contribution is -2.18. The molecule has 11 rings (SSSR count). The Morgan fingerprint density at radius 2 is 1.02 bits per heavy atom. The molecule has 1 aliphatic rings. The molecule has 0 bridgehead atoms. The van der Waals surface area contributed by atoms with Gasteiger partial charge in [0.1, 0.15) is 0 Å². The molecule has 0 atom stereocenters. The van der Waals surface area contributed by atoms with Crippen molar-refractivity contribution >= 4 is 54.4 Å². The molecule has 264 valence electrons. The van der Waals surface area contributed by atoms with Gasteiger partial charge in [0.15, 0.2) is 0 Å². The van der Waals surface area contributed by atoms with Gasteiger partial charge in [-0.1, -0.05) is 149 Å². The summed E-state index contributed by atoms with van der Waals surface area (Å²) in [5, 5.41) is 7.60. The van der Waals surface area contributed by atoms with Crippen LogP contribution in [-0.4, -0.2) is 9.13 Å².